The highest BCUT2D eigenvalue weighted by Gasteiger charge is 2.19. The van der Waals surface area contributed by atoms with Gasteiger partial charge in [-0.05, 0) is 66.5 Å². The van der Waals surface area contributed by atoms with Crippen LogP contribution < -0.4 is 10.6 Å². The van der Waals surface area contributed by atoms with Crippen LogP contribution in [0.4, 0.5) is 11.4 Å². The number of hydrogen-bond donors (Lipinski definition) is 2. The van der Waals surface area contributed by atoms with E-state index in [0.717, 1.165) is 43.4 Å². The number of hydrogen-bond acceptors (Lipinski definition) is 4. The Bertz CT molecular complexity index is 1150. The summed E-state index contributed by atoms with van der Waals surface area (Å²) in [5.41, 5.74) is 10.2. The molecule has 0 saturated carbocycles. The second-order valence-electron chi connectivity index (χ2n) is 8.18. The normalized spacial score (nSPS) is 15.4. The summed E-state index contributed by atoms with van der Waals surface area (Å²) in [5, 5.41) is 9.69. The minimum atomic E-state index is 0.908. The molecule has 6 rings (SSSR count). The van der Waals surface area contributed by atoms with Gasteiger partial charge in [0.05, 0.1) is 22.4 Å². The highest BCUT2D eigenvalue weighted by atomic mass is 14.9. The molecule has 0 unspecified atom stereocenters. The van der Waals surface area contributed by atoms with E-state index in [1.807, 2.05) is 12.4 Å². The molecule has 144 valence electrons. The predicted molar refractivity (Wildman–Crippen MR) is 120 cm³/mol. The summed E-state index contributed by atoms with van der Waals surface area (Å²) in [5.74, 6) is 0. The summed E-state index contributed by atoms with van der Waals surface area (Å²) in [6, 6.07) is 13.4. The molecule has 0 radical (unpaired) electrons. The number of pyridine rings is 2. The van der Waals surface area contributed by atoms with E-state index in [1.54, 1.807) is 0 Å². The molecule has 4 heterocycles. The third-order valence-electron chi connectivity index (χ3n) is 6.35. The minimum Gasteiger partial charge on any atom is -0.383 e. The molecule has 4 aromatic rings. The number of rotatable bonds is 2. The Kier molecular flexibility index (Phi) is 3.89. The molecular formula is C25H24N4. The van der Waals surface area contributed by atoms with Crippen molar-refractivity contribution in [2.24, 2.45) is 0 Å². The summed E-state index contributed by atoms with van der Waals surface area (Å²) in [6.45, 7) is 2.07. The highest BCUT2D eigenvalue weighted by molar-refractivity contribution is 5.97. The first-order chi connectivity index (χ1) is 14.4. The van der Waals surface area contributed by atoms with Crippen molar-refractivity contribution in [1.29, 1.82) is 0 Å². The van der Waals surface area contributed by atoms with Crippen LogP contribution in [0, 0.1) is 0 Å². The molecule has 0 spiro atoms. The molecule has 2 aliphatic rings. The summed E-state index contributed by atoms with van der Waals surface area (Å²) >= 11 is 0. The number of benzene rings is 2. The van der Waals surface area contributed by atoms with Crippen LogP contribution in [0.25, 0.3) is 21.8 Å². The van der Waals surface area contributed by atoms with Crippen LogP contribution in [0.3, 0.4) is 0 Å². The number of aryl methyl sites for hydroxylation is 2. The molecule has 0 saturated heterocycles. The van der Waals surface area contributed by atoms with Gasteiger partial charge in [0.15, 0.2) is 0 Å². The summed E-state index contributed by atoms with van der Waals surface area (Å²) in [7, 11) is 0. The molecule has 29 heavy (non-hydrogen) atoms. The fourth-order valence-corrected chi connectivity index (χ4v) is 5.02. The fraction of sp³-hybridized carbons (Fsp3) is 0.280. The summed E-state index contributed by atoms with van der Waals surface area (Å²) < 4.78 is 0. The maximum atomic E-state index is 4.74. The van der Waals surface area contributed by atoms with E-state index >= 15 is 0 Å². The van der Waals surface area contributed by atoms with E-state index in [1.165, 1.54) is 57.2 Å². The predicted octanol–water partition coefficient (Wildman–Crippen LogP) is 5.09. The monoisotopic (exact) mass is 380 g/mol. The van der Waals surface area contributed by atoms with Gasteiger partial charge >= 0.3 is 0 Å². The Labute approximate surface area is 170 Å². The Balaban J connectivity index is 1.55. The molecule has 0 bridgehead atoms. The first kappa shape index (κ1) is 16.8. The lowest BCUT2D eigenvalue weighted by molar-refractivity contribution is 0.828. The first-order valence-electron chi connectivity index (χ1n) is 10.7. The molecular weight excluding hydrogens is 356 g/mol. The Morgan fingerprint density at radius 1 is 0.724 bits per heavy atom. The lowest BCUT2D eigenvalue weighted by Crippen LogP contribution is -2.14. The molecule has 0 amide bonds. The smallest absolute Gasteiger partial charge is 0.0938 e. The van der Waals surface area contributed by atoms with Crippen LogP contribution in [0.15, 0.2) is 48.8 Å². The number of aromatic nitrogens is 2. The topological polar surface area (TPSA) is 49.8 Å². The van der Waals surface area contributed by atoms with Crippen molar-refractivity contribution < 1.29 is 0 Å². The van der Waals surface area contributed by atoms with Gasteiger partial charge in [0, 0.05) is 36.3 Å². The molecule has 4 heteroatoms. The van der Waals surface area contributed by atoms with Crippen molar-refractivity contribution in [3.05, 3.63) is 71.0 Å². The molecule has 0 atom stereocenters. The van der Waals surface area contributed by atoms with E-state index in [0.29, 0.717) is 0 Å². The zero-order valence-electron chi connectivity index (χ0n) is 16.5. The Morgan fingerprint density at radius 3 is 1.76 bits per heavy atom. The zero-order chi connectivity index (χ0) is 19.2. The quantitative estimate of drug-likeness (QED) is 0.509. The molecule has 0 aliphatic carbocycles. The Morgan fingerprint density at radius 2 is 1.24 bits per heavy atom. The van der Waals surface area contributed by atoms with E-state index < -0.39 is 0 Å². The highest BCUT2D eigenvalue weighted by Crippen LogP contribution is 2.36. The van der Waals surface area contributed by atoms with Crippen LogP contribution >= 0.6 is 0 Å². The van der Waals surface area contributed by atoms with Crippen LogP contribution in [0.1, 0.15) is 35.1 Å². The van der Waals surface area contributed by atoms with Gasteiger partial charge in [-0.1, -0.05) is 24.3 Å². The number of nitrogens with zero attached hydrogens (tertiary/aromatic N) is 2. The standard InChI is InChI=1S/C25H24N4/c1-5-16-13-18(20-7-3-11-28-24(20)22(16)26-9-1)15-19-14-17-6-2-10-27-23(17)25-21(19)8-4-12-29-25/h3-4,7-8,11-14,26-27H,1-2,5-6,9-10,15H2. The third-order valence-corrected chi connectivity index (χ3v) is 6.35. The van der Waals surface area contributed by atoms with E-state index in [-0.39, 0.29) is 0 Å². The summed E-state index contributed by atoms with van der Waals surface area (Å²) in [6.07, 6.45) is 9.34. The SMILES string of the molecule is c1cnc2c3c(cc(Cc4cc5c(c6ncccc46)NCCC5)c2c1)CCCN3. The lowest BCUT2D eigenvalue weighted by atomic mass is 9.90. The first-order valence-corrected chi connectivity index (χ1v) is 10.7. The van der Waals surface area contributed by atoms with Gasteiger partial charge in [-0.2, -0.15) is 0 Å². The second-order valence-corrected chi connectivity index (χ2v) is 8.18. The van der Waals surface area contributed by atoms with Crippen molar-refractivity contribution in [1.82, 2.24) is 9.97 Å². The van der Waals surface area contributed by atoms with Crippen molar-refractivity contribution in [2.75, 3.05) is 23.7 Å². The average molecular weight is 380 g/mol. The minimum absolute atomic E-state index is 0.908. The van der Waals surface area contributed by atoms with E-state index in [2.05, 4.69) is 47.0 Å². The second kappa shape index (κ2) is 6.73. The van der Waals surface area contributed by atoms with Crippen LogP contribution in [-0.4, -0.2) is 23.1 Å². The number of fused-ring (bicyclic) bond motifs is 6. The van der Waals surface area contributed by atoms with Gasteiger partial charge < -0.3 is 10.6 Å². The van der Waals surface area contributed by atoms with Crippen LogP contribution in [-0.2, 0) is 19.3 Å². The van der Waals surface area contributed by atoms with Gasteiger partial charge in [-0.3, -0.25) is 9.97 Å². The third kappa shape index (κ3) is 2.74. The number of anilines is 2. The summed E-state index contributed by atoms with van der Waals surface area (Å²) in [4.78, 5) is 9.49. The number of nitrogens with one attached hydrogen (secondary N) is 2. The fourth-order valence-electron chi connectivity index (χ4n) is 5.02. The van der Waals surface area contributed by atoms with Gasteiger partial charge in [0.1, 0.15) is 0 Å². The van der Waals surface area contributed by atoms with Crippen molar-refractivity contribution >= 4 is 33.2 Å². The van der Waals surface area contributed by atoms with E-state index in [9.17, 15) is 0 Å². The molecule has 2 aromatic carbocycles. The molecule has 0 fully saturated rings. The maximum absolute atomic E-state index is 4.74. The maximum Gasteiger partial charge on any atom is 0.0938 e. The molecule has 4 nitrogen and oxygen atoms in total. The average Bonchev–Trinajstić information content (AvgIpc) is 2.79. The zero-order valence-corrected chi connectivity index (χ0v) is 16.5. The van der Waals surface area contributed by atoms with Gasteiger partial charge in [0.25, 0.3) is 0 Å². The van der Waals surface area contributed by atoms with Gasteiger partial charge in [-0.25, -0.2) is 0 Å². The largest absolute Gasteiger partial charge is 0.383 e. The van der Waals surface area contributed by atoms with E-state index in [4.69, 9.17) is 9.97 Å². The molecule has 2 aromatic heterocycles. The molecule has 2 aliphatic heterocycles. The van der Waals surface area contributed by atoms with Crippen molar-refractivity contribution in [3.8, 4) is 0 Å². The Hall–Kier alpha value is -3.14. The van der Waals surface area contributed by atoms with Crippen molar-refractivity contribution in [2.45, 2.75) is 32.1 Å². The molecule has 2 N–H and O–H groups in total. The van der Waals surface area contributed by atoms with Crippen LogP contribution in [0.5, 0.6) is 0 Å². The lowest BCUT2D eigenvalue weighted by Gasteiger charge is -2.23. The van der Waals surface area contributed by atoms with Gasteiger partial charge in [0.2, 0.25) is 0 Å². The van der Waals surface area contributed by atoms with Gasteiger partial charge in [-0.15, -0.1) is 0 Å². The van der Waals surface area contributed by atoms with Crippen LogP contribution in [0.2, 0.25) is 0 Å². The van der Waals surface area contributed by atoms with Crippen molar-refractivity contribution in [3.63, 3.8) is 0 Å².